The molecule has 64 valence electrons. The van der Waals surface area contributed by atoms with Crippen molar-refractivity contribution >= 4 is 12.1 Å². The first-order valence-corrected chi connectivity index (χ1v) is 3.13. The number of nitrogens with one attached hydrogen (secondary N) is 1. The minimum Gasteiger partial charge on any atom is -0.370 e. The minimum atomic E-state index is -1.04. The summed E-state index contributed by atoms with van der Waals surface area (Å²) >= 11 is 0. The van der Waals surface area contributed by atoms with Crippen LogP contribution in [0.4, 0.5) is 4.79 Å². The Labute approximate surface area is 64.0 Å². The summed E-state index contributed by atoms with van der Waals surface area (Å²) in [5.74, 6) is -0.0640. The molecule has 0 atom stereocenters. The maximum atomic E-state index is 10.2. The molecule has 0 aliphatic rings. The van der Waals surface area contributed by atoms with Crippen LogP contribution >= 0.6 is 0 Å². The van der Waals surface area contributed by atoms with Crippen LogP contribution in [0.3, 0.4) is 0 Å². The van der Waals surface area contributed by atoms with Gasteiger partial charge in [0.15, 0.2) is 5.96 Å². The largest absolute Gasteiger partial charge is 0.445 e. The van der Waals surface area contributed by atoms with E-state index < -0.39 is 6.09 Å². The molecule has 0 aliphatic heterocycles. The normalized spacial score (nSPS) is 10.9. The number of carbonyl (C=O) groups is 1. The van der Waals surface area contributed by atoms with Crippen molar-refractivity contribution in [2.24, 2.45) is 10.7 Å². The topological polar surface area (TPSA) is 96.9 Å². The molecule has 0 heterocycles. The number of aliphatic imine (C=N–C) groups is 1. The number of guanidine groups is 1. The predicted octanol–water partition coefficient (Wildman–Crippen LogP) is -0.0897. The smallest absolute Gasteiger partial charge is 0.370 e. The molecule has 0 aromatic rings. The van der Waals surface area contributed by atoms with Gasteiger partial charge < -0.3 is 5.73 Å². The van der Waals surface area contributed by atoms with Crippen molar-refractivity contribution in [2.75, 3.05) is 6.54 Å². The summed E-state index contributed by atoms with van der Waals surface area (Å²) in [4.78, 5) is 17.2. The second-order valence-corrected chi connectivity index (χ2v) is 1.77. The number of carbonyl (C=O) groups excluding carboxylic acids is 1. The fourth-order valence-electron chi connectivity index (χ4n) is 0.399. The third-order valence-corrected chi connectivity index (χ3v) is 0.819. The highest BCUT2D eigenvalue weighted by atomic mass is 17.1. The molecule has 0 rings (SSSR count). The molecule has 0 saturated heterocycles. The van der Waals surface area contributed by atoms with Crippen LogP contribution < -0.4 is 11.1 Å². The Morgan fingerprint density at radius 2 is 2.45 bits per heavy atom. The third kappa shape index (κ3) is 5.16. The quantitative estimate of drug-likeness (QED) is 0.228. The predicted molar refractivity (Wildman–Crippen MR) is 39.0 cm³/mol. The molecule has 6 heteroatoms. The maximum Gasteiger partial charge on any atom is 0.445 e. The van der Waals surface area contributed by atoms with Crippen LogP contribution in [0.15, 0.2) is 4.99 Å². The second kappa shape index (κ2) is 5.48. The molecule has 11 heavy (non-hydrogen) atoms. The third-order valence-electron chi connectivity index (χ3n) is 0.819. The summed E-state index contributed by atoms with van der Waals surface area (Å²) in [5.41, 5.74) is 5.16. The first kappa shape index (κ1) is 9.70. The number of nitrogens with two attached hydrogens (primary N) is 1. The van der Waals surface area contributed by atoms with Crippen molar-refractivity contribution in [1.82, 2.24) is 5.32 Å². The summed E-state index contributed by atoms with van der Waals surface area (Å²) < 4.78 is 0. The summed E-state index contributed by atoms with van der Waals surface area (Å²) in [6.45, 7) is 2.44. The van der Waals surface area contributed by atoms with Crippen molar-refractivity contribution in [2.45, 2.75) is 13.3 Å². The van der Waals surface area contributed by atoms with Crippen LogP contribution in [0.1, 0.15) is 13.3 Å². The van der Waals surface area contributed by atoms with Crippen LogP contribution in [0.25, 0.3) is 0 Å². The summed E-state index contributed by atoms with van der Waals surface area (Å²) in [7, 11) is 0. The Balaban J connectivity index is 3.66. The zero-order chi connectivity index (χ0) is 8.69. The summed E-state index contributed by atoms with van der Waals surface area (Å²) in [6, 6.07) is 0. The van der Waals surface area contributed by atoms with E-state index in [-0.39, 0.29) is 5.96 Å². The van der Waals surface area contributed by atoms with E-state index in [1.54, 1.807) is 0 Å². The average molecular weight is 161 g/mol. The highest BCUT2D eigenvalue weighted by molar-refractivity contribution is 5.92. The standard InChI is InChI=1S/C5H11N3O3/c1-2-3-7-4(6)8-5(9)11-10/h10H,2-3H2,1H3,(H3,6,7,8,9). The SMILES string of the molecule is CCCN=C(N)NC(=O)OO. The molecule has 0 unspecified atom stereocenters. The van der Waals surface area contributed by atoms with Crippen molar-refractivity contribution in [3.63, 3.8) is 0 Å². The van der Waals surface area contributed by atoms with Gasteiger partial charge in [-0.1, -0.05) is 6.92 Å². The highest BCUT2D eigenvalue weighted by Gasteiger charge is 2.00. The number of amides is 1. The van der Waals surface area contributed by atoms with E-state index in [0.717, 1.165) is 6.42 Å². The van der Waals surface area contributed by atoms with Gasteiger partial charge in [-0.3, -0.25) is 15.2 Å². The van der Waals surface area contributed by atoms with Crippen LogP contribution in [-0.2, 0) is 4.89 Å². The van der Waals surface area contributed by atoms with E-state index in [4.69, 9.17) is 11.0 Å². The van der Waals surface area contributed by atoms with Crippen molar-refractivity contribution in [1.29, 1.82) is 0 Å². The van der Waals surface area contributed by atoms with Gasteiger partial charge in [0.25, 0.3) is 0 Å². The first-order chi connectivity index (χ1) is 5.20. The lowest BCUT2D eigenvalue weighted by Gasteiger charge is -1.99. The highest BCUT2D eigenvalue weighted by Crippen LogP contribution is 1.77. The van der Waals surface area contributed by atoms with Crippen LogP contribution in [0.5, 0.6) is 0 Å². The van der Waals surface area contributed by atoms with Gasteiger partial charge in [0, 0.05) is 6.54 Å². The van der Waals surface area contributed by atoms with Crippen LogP contribution in [0, 0.1) is 0 Å². The van der Waals surface area contributed by atoms with Crippen molar-refractivity contribution in [3.05, 3.63) is 0 Å². The second-order valence-electron chi connectivity index (χ2n) is 1.77. The molecule has 0 fully saturated rings. The molecule has 0 spiro atoms. The van der Waals surface area contributed by atoms with Gasteiger partial charge in [-0.25, -0.2) is 4.79 Å². The Morgan fingerprint density at radius 3 is 2.91 bits per heavy atom. The minimum absolute atomic E-state index is 0.0640. The maximum absolute atomic E-state index is 10.2. The van der Waals surface area contributed by atoms with Gasteiger partial charge in [-0.2, -0.15) is 5.26 Å². The van der Waals surface area contributed by atoms with E-state index in [1.165, 1.54) is 0 Å². The van der Waals surface area contributed by atoms with Gasteiger partial charge in [0.2, 0.25) is 0 Å². The summed E-state index contributed by atoms with van der Waals surface area (Å²) in [5, 5.41) is 9.77. The monoisotopic (exact) mass is 161 g/mol. The van der Waals surface area contributed by atoms with E-state index in [2.05, 4.69) is 9.88 Å². The first-order valence-electron chi connectivity index (χ1n) is 3.13. The van der Waals surface area contributed by atoms with E-state index in [9.17, 15) is 4.79 Å². The van der Waals surface area contributed by atoms with Crippen LogP contribution in [-0.4, -0.2) is 23.9 Å². The molecular formula is C5H11N3O3. The number of hydrogen-bond donors (Lipinski definition) is 3. The Morgan fingerprint density at radius 1 is 1.82 bits per heavy atom. The summed E-state index contributed by atoms with van der Waals surface area (Å²) in [6.07, 6.45) is -0.210. The van der Waals surface area contributed by atoms with Crippen LogP contribution in [0.2, 0.25) is 0 Å². The van der Waals surface area contributed by atoms with Gasteiger partial charge >= 0.3 is 6.09 Å². The Kier molecular flexibility index (Phi) is 4.83. The van der Waals surface area contributed by atoms with E-state index in [0.29, 0.717) is 6.54 Å². The zero-order valence-corrected chi connectivity index (χ0v) is 6.20. The van der Waals surface area contributed by atoms with Gasteiger partial charge in [0.1, 0.15) is 0 Å². The van der Waals surface area contributed by atoms with Crippen molar-refractivity contribution < 1.29 is 14.9 Å². The molecule has 0 radical (unpaired) electrons. The number of rotatable bonds is 2. The lowest BCUT2D eigenvalue weighted by Crippen LogP contribution is -2.36. The molecule has 6 nitrogen and oxygen atoms in total. The molecule has 0 saturated carbocycles. The zero-order valence-electron chi connectivity index (χ0n) is 6.20. The lowest BCUT2D eigenvalue weighted by molar-refractivity contribution is -0.176. The lowest BCUT2D eigenvalue weighted by atomic mass is 10.5. The molecule has 4 N–H and O–H groups in total. The Bertz CT molecular complexity index is 157. The molecule has 0 aromatic carbocycles. The molecule has 0 aromatic heterocycles. The number of hydrogen-bond acceptors (Lipinski definition) is 4. The van der Waals surface area contributed by atoms with Gasteiger partial charge in [-0.15, -0.1) is 0 Å². The molecule has 0 bridgehead atoms. The fraction of sp³-hybridized carbons (Fsp3) is 0.600. The molecule has 0 aliphatic carbocycles. The van der Waals surface area contributed by atoms with Gasteiger partial charge in [-0.05, 0) is 6.42 Å². The number of nitrogens with zero attached hydrogens (tertiary/aromatic N) is 1. The molecular weight excluding hydrogens is 150 g/mol. The fourth-order valence-corrected chi connectivity index (χ4v) is 0.399. The van der Waals surface area contributed by atoms with Crippen molar-refractivity contribution in [3.8, 4) is 0 Å². The molecule has 1 amide bonds. The Hall–Kier alpha value is -1.30. The average Bonchev–Trinajstić information content (AvgIpc) is 2.00. The van der Waals surface area contributed by atoms with E-state index >= 15 is 0 Å². The van der Waals surface area contributed by atoms with E-state index in [1.807, 2.05) is 12.2 Å². The van der Waals surface area contributed by atoms with Gasteiger partial charge in [0.05, 0.1) is 0 Å².